The van der Waals surface area contributed by atoms with E-state index in [2.05, 4.69) is 30.3 Å². The molecular weight excluding hydrogens is 239 g/mol. The van der Waals surface area contributed by atoms with Crippen molar-refractivity contribution >= 4 is 7.82 Å². The summed E-state index contributed by atoms with van der Waals surface area (Å²) < 4.78 is 8.88. The van der Waals surface area contributed by atoms with Crippen LogP contribution in [0.4, 0.5) is 0 Å². The first-order valence-corrected chi connectivity index (χ1v) is 7.36. The van der Waals surface area contributed by atoms with Gasteiger partial charge in [0.15, 0.2) is 0 Å². The van der Waals surface area contributed by atoms with Gasteiger partial charge in [-0.05, 0) is 24.3 Å². The molecule has 96 valence electrons. The van der Waals surface area contributed by atoms with Crippen LogP contribution >= 0.6 is 7.82 Å². The van der Waals surface area contributed by atoms with Crippen molar-refractivity contribution in [1.82, 2.24) is 0 Å². The van der Waals surface area contributed by atoms with Gasteiger partial charge < -0.3 is 14.7 Å². The molecule has 1 aromatic carbocycles. The summed E-state index contributed by atoms with van der Waals surface area (Å²) in [6, 6.07) is 11.0. The fraction of sp³-hybridized carbons (Fsp3) is 0.500. The average molecular weight is 258 g/mol. The van der Waals surface area contributed by atoms with Crippen molar-refractivity contribution in [2.75, 3.05) is 0 Å². The molecule has 0 amide bonds. The van der Waals surface area contributed by atoms with Crippen molar-refractivity contribution in [3.63, 3.8) is 0 Å². The van der Waals surface area contributed by atoms with Gasteiger partial charge in [-0.2, -0.15) is 0 Å². The van der Waals surface area contributed by atoms with Gasteiger partial charge in [0.2, 0.25) is 0 Å². The highest BCUT2D eigenvalue weighted by Gasteiger charge is 2.14. The van der Waals surface area contributed by atoms with Crippen LogP contribution in [-0.4, -0.2) is 14.7 Å². The predicted molar refractivity (Wildman–Crippen MR) is 66.5 cm³/mol. The Kier molecular flexibility index (Phi) is 5.86. The van der Waals surface area contributed by atoms with E-state index in [1.54, 1.807) is 5.56 Å². The van der Waals surface area contributed by atoms with E-state index in [4.69, 9.17) is 19.2 Å². The SMILES string of the molecule is O=P(O)(O)O.c1ccc(C2CCCCC2)cc1. The standard InChI is InChI=1S/C12H16.H3O4P/c1-3-7-11(8-4-1)12-9-5-2-6-10-12;1-5(2,3)4/h1,3-4,7-8,12H,2,5-6,9-10H2;(H3,1,2,3,4). The number of hydrogen-bond donors (Lipinski definition) is 3. The summed E-state index contributed by atoms with van der Waals surface area (Å²) in [4.78, 5) is 21.6. The molecule has 0 bridgehead atoms. The van der Waals surface area contributed by atoms with Gasteiger partial charge in [-0.15, -0.1) is 0 Å². The topological polar surface area (TPSA) is 77.8 Å². The summed E-state index contributed by atoms with van der Waals surface area (Å²) in [7, 11) is -4.64. The Labute approximate surface area is 102 Å². The van der Waals surface area contributed by atoms with E-state index in [1.165, 1.54) is 32.1 Å². The fourth-order valence-corrected chi connectivity index (χ4v) is 2.16. The maximum atomic E-state index is 8.88. The first-order valence-electron chi connectivity index (χ1n) is 5.80. The van der Waals surface area contributed by atoms with Gasteiger partial charge in [0, 0.05) is 0 Å². The summed E-state index contributed by atoms with van der Waals surface area (Å²) in [5, 5.41) is 0. The van der Waals surface area contributed by atoms with Crippen LogP contribution in [0.25, 0.3) is 0 Å². The minimum Gasteiger partial charge on any atom is -0.303 e. The van der Waals surface area contributed by atoms with Crippen molar-refractivity contribution in [3.8, 4) is 0 Å². The van der Waals surface area contributed by atoms with Gasteiger partial charge in [-0.1, -0.05) is 49.6 Å². The molecule has 4 nitrogen and oxygen atoms in total. The lowest BCUT2D eigenvalue weighted by molar-refractivity contribution is 0.275. The van der Waals surface area contributed by atoms with Crippen molar-refractivity contribution in [3.05, 3.63) is 35.9 Å². The van der Waals surface area contributed by atoms with E-state index >= 15 is 0 Å². The molecule has 0 aromatic heterocycles. The lowest BCUT2D eigenvalue weighted by atomic mass is 9.84. The summed E-state index contributed by atoms with van der Waals surface area (Å²) >= 11 is 0. The van der Waals surface area contributed by atoms with Gasteiger partial charge in [-0.25, -0.2) is 4.57 Å². The molecule has 0 heterocycles. The van der Waals surface area contributed by atoms with Crippen molar-refractivity contribution in [2.24, 2.45) is 0 Å². The predicted octanol–water partition coefficient (Wildman–Crippen LogP) is 2.81. The molecule has 0 aliphatic heterocycles. The third kappa shape index (κ3) is 7.29. The normalized spacial score (nSPS) is 17.1. The van der Waals surface area contributed by atoms with Crippen molar-refractivity contribution in [1.29, 1.82) is 0 Å². The highest BCUT2D eigenvalue weighted by atomic mass is 31.2. The van der Waals surface area contributed by atoms with Crippen LogP contribution in [0.5, 0.6) is 0 Å². The molecule has 3 N–H and O–H groups in total. The van der Waals surface area contributed by atoms with Crippen LogP contribution in [0.15, 0.2) is 30.3 Å². The van der Waals surface area contributed by atoms with Crippen LogP contribution < -0.4 is 0 Å². The lowest BCUT2D eigenvalue weighted by Gasteiger charge is -2.21. The fourth-order valence-electron chi connectivity index (χ4n) is 2.16. The third-order valence-electron chi connectivity index (χ3n) is 2.88. The van der Waals surface area contributed by atoms with Crippen LogP contribution in [0, 0.1) is 0 Å². The molecule has 1 aromatic rings. The first-order chi connectivity index (χ1) is 7.97. The maximum Gasteiger partial charge on any atom is 0.466 e. The van der Waals surface area contributed by atoms with E-state index in [0.717, 1.165) is 5.92 Å². The minimum atomic E-state index is -4.64. The Morgan fingerprint density at radius 3 is 1.88 bits per heavy atom. The molecule has 1 saturated carbocycles. The van der Waals surface area contributed by atoms with E-state index in [0.29, 0.717) is 0 Å². The highest BCUT2D eigenvalue weighted by Crippen LogP contribution is 2.32. The van der Waals surface area contributed by atoms with E-state index < -0.39 is 7.82 Å². The van der Waals surface area contributed by atoms with Gasteiger partial charge in [0.05, 0.1) is 0 Å². The van der Waals surface area contributed by atoms with Crippen LogP contribution in [0.1, 0.15) is 43.6 Å². The van der Waals surface area contributed by atoms with Crippen LogP contribution in [0.2, 0.25) is 0 Å². The smallest absolute Gasteiger partial charge is 0.303 e. The number of hydrogen-bond acceptors (Lipinski definition) is 1. The molecule has 5 heteroatoms. The molecule has 17 heavy (non-hydrogen) atoms. The van der Waals surface area contributed by atoms with E-state index in [-0.39, 0.29) is 0 Å². The molecule has 0 radical (unpaired) electrons. The Bertz CT molecular complexity index is 346. The molecule has 1 fully saturated rings. The summed E-state index contributed by atoms with van der Waals surface area (Å²) in [6.07, 6.45) is 7.12. The van der Waals surface area contributed by atoms with E-state index in [1.807, 2.05) is 0 Å². The highest BCUT2D eigenvalue weighted by molar-refractivity contribution is 7.45. The summed E-state index contributed by atoms with van der Waals surface area (Å²) in [5.41, 5.74) is 1.55. The average Bonchev–Trinajstić information content (AvgIpc) is 2.29. The molecule has 0 saturated heterocycles. The maximum absolute atomic E-state index is 8.88. The second-order valence-electron chi connectivity index (χ2n) is 4.26. The molecular formula is C12H19O4P. The largest absolute Gasteiger partial charge is 0.466 e. The quantitative estimate of drug-likeness (QED) is 0.677. The Morgan fingerprint density at radius 1 is 0.941 bits per heavy atom. The van der Waals surface area contributed by atoms with Gasteiger partial charge in [0.1, 0.15) is 0 Å². The number of rotatable bonds is 1. The molecule has 0 unspecified atom stereocenters. The van der Waals surface area contributed by atoms with Crippen molar-refractivity contribution in [2.45, 2.75) is 38.0 Å². The summed E-state index contributed by atoms with van der Waals surface area (Å²) in [6.45, 7) is 0. The lowest BCUT2D eigenvalue weighted by Crippen LogP contribution is -2.03. The number of phosphoric acid groups is 1. The zero-order valence-electron chi connectivity index (χ0n) is 9.70. The molecule has 0 atom stereocenters. The third-order valence-corrected chi connectivity index (χ3v) is 2.88. The van der Waals surface area contributed by atoms with Crippen molar-refractivity contribution < 1.29 is 19.2 Å². The first kappa shape index (κ1) is 14.4. The van der Waals surface area contributed by atoms with Crippen LogP contribution in [-0.2, 0) is 4.57 Å². The molecule has 1 aliphatic rings. The second-order valence-corrected chi connectivity index (χ2v) is 5.29. The zero-order valence-corrected chi connectivity index (χ0v) is 10.6. The molecule has 0 spiro atoms. The number of benzene rings is 1. The monoisotopic (exact) mass is 258 g/mol. The van der Waals surface area contributed by atoms with Gasteiger partial charge >= 0.3 is 7.82 Å². The molecule has 2 rings (SSSR count). The Morgan fingerprint density at radius 2 is 1.41 bits per heavy atom. The second kappa shape index (κ2) is 6.92. The van der Waals surface area contributed by atoms with Gasteiger partial charge in [0.25, 0.3) is 0 Å². The Balaban J connectivity index is 0.000000249. The molecule has 1 aliphatic carbocycles. The van der Waals surface area contributed by atoms with E-state index in [9.17, 15) is 0 Å². The minimum absolute atomic E-state index is 0.861. The van der Waals surface area contributed by atoms with Crippen LogP contribution in [0.3, 0.4) is 0 Å². The zero-order chi connectivity index (χ0) is 12.7. The Hall–Kier alpha value is -0.670. The summed E-state index contributed by atoms with van der Waals surface area (Å²) in [5.74, 6) is 0.861. The van der Waals surface area contributed by atoms with Gasteiger partial charge in [-0.3, -0.25) is 0 Å².